The first-order valence-electron chi connectivity index (χ1n) is 8.81. The van der Waals surface area contributed by atoms with Crippen LogP contribution in [0.5, 0.6) is 0 Å². The van der Waals surface area contributed by atoms with Gasteiger partial charge in [-0.05, 0) is 68.1 Å². The van der Waals surface area contributed by atoms with Gasteiger partial charge in [0.2, 0.25) is 0 Å². The molecule has 132 valence electrons. The summed E-state index contributed by atoms with van der Waals surface area (Å²) in [5.41, 5.74) is 0. The van der Waals surface area contributed by atoms with Gasteiger partial charge in [0.15, 0.2) is 5.96 Å². The second kappa shape index (κ2) is 12.7. The van der Waals surface area contributed by atoms with E-state index in [2.05, 4.69) is 74.1 Å². The van der Waals surface area contributed by atoms with Gasteiger partial charge in [-0.25, -0.2) is 0 Å². The smallest absolute Gasteiger partial charge is 0.191 e. The molecule has 0 aliphatic rings. The fraction of sp³-hybridized carbons (Fsp3) is 0.941. The fourth-order valence-electron chi connectivity index (χ4n) is 2.50. The van der Waals surface area contributed by atoms with Crippen LogP contribution in [0.3, 0.4) is 0 Å². The highest BCUT2D eigenvalue weighted by Gasteiger charge is 2.12. The van der Waals surface area contributed by atoms with E-state index in [0.717, 1.165) is 51.5 Å². The molecular weight excluding hydrogens is 274 g/mol. The van der Waals surface area contributed by atoms with Crippen LogP contribution in [0.1, 0.15) is 47.5 Å². The largest absolute Gasteiger partial charge is 0.357 e. The maximum absolute atomic E-state index is 4.63. The molecule has 0 fully saturated rings. The molecule has 0 saturated heterocycles. The van der Waals surface area contributed by atoms with Crippen LogP contribution >= 0.6 is 0 Å². The Morgan fingerprint density at radius 1 is 0.955 bits per heavy atom. The average molecular weight is 314 g/mol. The van der Waals surface area contributed by atoms with E-state index < -0.39 is 0 Å². The van der Waals surface area contributed by atoms with Crippen LogP contribution < -0.4 is 10.6 Å². The summed E-state index contributed by atoms with van der Waals surface area (Å²) in [4.78, 5) is 9.35. The molecule has 2 N–H and O–H groups in total. The second-order valence-electron chi connectivity index (χ2n) is 6.62. The van der Waals surface area contributed by atoms with Crippen LogP contribution in [-0.4, -0.2) is 74.7 Å². The highest BCUT2D eigenvalue weighted by Crippen LogP contribution is 2.05. The molecule has 0 aliphatic heterocycles. The van der Waals surface area contributed by atoms with Crippen molar-refractivity contribution < 1.29 is 0 Å². The standard InChI is InChI=1S/C17H39N5/c1-8-18-17(19-11-9-13-21(6)7)20-12-10-14-22(15(2)3)16(4)5/h15-16H,8-14H2,1-7H3,(H2,18,19,20). The molecule has 5 heteroatoms. The van der Waals surface area contributed by atoms with Crippen molar-refractivity contribution in [2.75, 3.05) is 46.8 Å². The molecule has 0 aliphatic carbocycles. The maximum atomic E-state index is 4.63. The van der Waals surface area contributed by atoms with E-state index in [-0.39, 0.29) is 0 Å². The Balaban J connectivity index is 4.06. The highest BCUT2D eigenvalue weighted by molar-refractivity contribution is 5.79. The van der Waals surface area contributed by atoms with Crippen LogP contribution in [0.2, 0.25) is 0 Å². The van der Waals surface area contributed by atoms with E-state index >= 15 is 0 Å². The summed E-state index contributed by atoms with van der Waals surface area (Å²) >= 11 is 0. The van der Waals surface area contributed by atoms with Gasteiger partial charge < -0.3 is 15.5 Å². The minimum Gasteiger partial charge on any atom is -0.357 e. The number of guanidine groups is 1. The summed E-state index contributed by atoms with van der Waals surface area (Å²) in [5, 5.41) is 6.76. The predicted molar refractivity (Wildman–Crippen MR) is 98.7 cm³/mol. The Labute approximate surface area is 138 Å². The molecule has 0 bridgehead atoms. The van der Waals surface area contributed by atoms with Gasteiger partial charge in [0.05, 0.1) is 0 Å². The average Bonchev–Trinajstić information content (AvgIpc) is 2.41. The second-order valence-corrected chi connectivity index (χ2v) is 6.62. The quantitative estimate of drug-likeness (QED) is 0.348. The number of nitrogens with zero attached hydrogens (tertiary/aromatic N) is 3. The van der Waals surface area contributed by atoms with E-state index in [1.807, 2.05) is 0 Å². The summed E-state index contributed by atoms with van der Waals surface area (Å²) < 4.78 is 0. The minimum absolute atomic E-state index is 0.605. The lowest BCUT2D eigenvalue weighted by atomic mass is 10.2. The number of nitrogens with one attached hydrogen (secondary N) is 2. The van der Waals surface area contributed by atoms with Crippen molar-refractivity contribution in [2.24, 2.45) is 4.99 Å². The van der Waals surface area contributed by atoms with E-state index in [1.165, 1.54) is 0 Å². The lowest BCUT2D eigenvalue weighted by molar-refractivity contribution is 0.173. The minimum atomic E-state index is 0.605. The van der Waals surface area contributed by atoms with Gasteiger partial charge in [-0.3, -0.25) is 9.89 Å². The molecule has 0 aromatic rings. The van der Waals surface area contributed by atoms with Gasteiger partial charge in [0, 0.05) is 38.3 Å². The van der Waals surface area contributed by atoms with E-state index in [1.54, 1.807) is 0 Å². The van der Waals surface area contributed by atoms with Crippen LogP contribution in [0.25, 0.3) is 0 Å². The Bertz CT molecular complexity index is 279. The van der Waals surface area contributed by atoms with Gasteiger partial charge in [-0.1, -0.05) is 0 Å². The van der Waals surface area contributed by atoms with E-state index in [9.17, 15) is 0 Å². The summed E-state index contributed by atoms with van der Waals surface area (Å²) in [6.07, 6.45) is 2.23. The van der Waals surface area contributed by atoms with Crippen molar-refractivity contribution in [3.63, 3.8) is 0 Å². The third-order valence-electron chi connectivity index (χ3n) is 3.59. The highest BCUT2D eigenvalue weighted by atomic mass is 15.2. The molecule has 0 atom stereocenters. The zero-order valence-corrected chi connectivity index (χ0v) is 15.9. The summed E-state index contributed by atoms with van der Waals surface area (Å²) in [5.74, 6) is 0.946. The van der Waals surface area contributed by atoms with Crippen molar-refractivity contribution in [1.29, 1.82) is 0 Å². The molecule has 5 nitrogen and oxygen atoms in total. The first-order valence-corrected chi connectivity index (χ1v) is 8.81. The third-order valence-corrected chi connectivity index (χ3v) is 3.59. The van der Waals surface area contributed by atoms with E-state index in [4.69, 9.17) is 0 Å². The number of hydrogen-bond donors (Lipinski definition) is 2. The molecule has 0 saturated carbocycles. The Hall–Kier alpha value is -0.810. The van der Waals surface area contributed by atoms with Crippen molar-refractivity contribution in [1.82, 2.24) is 20.4 Å². The molecule has 0 rings (SSSR count). The molecule has 0 amide bonds. The molecule has 22 heavy (non-hydrogen) atoms. The molecule has 0 spiro atoms. The third kappa shape index (κ3) is 10.9. The number of hydrogen-bond acceptors (Lipinski definition) is 3. The summed E-state index contributed by atoms with van der Waals surface area (Å²) in [6, 6.07) is 1.21. The Kier molecular flexibility index (Phi) is 12.2. The van der Waals surface area contributed by atoms with Gasteiger partial charge in [-0.2, -0.15) is 0 Å². The van der Waals surface area contributed by atoms with Crippen LogP contribution in [0.15, 0.2) is 4.99 Å². The van der Waals surface area contributed by atoms with Crippen LogP contribution in [0, 0.1) is 0 Å². The normalized spacial score (nSPS) is 12.8. The van der Waals surface area contributed by atoms with Gasteiger partial charge >= 0.3 is 0 Å². The zero-order chi connectivity index (χ0) is 17.0. The predicted octanol–water partition coefficient (Wildman–Crippen LogP) is 2.00. The van der Waals surface area contributed by atoms with Crippen molar-refractivity contribution >= 4 is 5.96 Å². The van der Waals surface area contributed by atoms with Gasteiger partial charge in [0.1, 0.15) is 0 Å². The number of rotatable bonds is 11. The van der Waals surface area contributed by atoms with Crippen molar-refractivity contribution in [3.05, 3.63) is 0 Å². The molecule has 0 heterocycles. The van der Waals surface area contributed by atoms with E-state index in [0.29, 0.717) is 12.1 Å². The molecular formula is C17H39N5. The van der Waals surface area contributed by atoms with Crippen molar-refractivity contribution in [2.45, 2.75) is 59.5 Å². The monoisotopic (exact) mass is 313 g/mol. The summed E-state index contributed by atoms with van der Waals surface area (Å²) in [6.45, 7) is 16.1. The topological polar surface area (TPSA) is 42.9 Å². The number of aliphatic imine (C=N–C) groups is 1. The Morgan fingerprint density at radius 2 is 1.59 bits per heavy atom. The lowest BCUT2D eigenvalue weighted by Crippen LogP contribution is -2.41. The maximum Gasteiger partial charge on any atom is 0.191 e. The SMILES string of the molecule is CCNC(=NCCCN(C)C)NCCCN(C(C)C)C(C)C. The fourth-order valence-corrected chi connectivity index (χ4v) is 2.50. The Morgan fingerprint density at radius 3 is 2.09 bits per heavy atom. The first-order chi connectivity index (χ1) is 10.4. The molecule has 0 aromatic carbocycles. The first kappa shape index (κ1) is 21.2. The molecule has 0 unspecified atom stereocenters. The zero-order valence-electron chi connectivity index (χ0n) is 15.9. The summed E-state index contributed by atoms with van der Waals surface area (Å²) in [7, 11) is 4.20. The van der Waals surface area contributed by atoms with Gasteiger partial charge in [-0.15, -0.1) is 0 Å². The van der Waals surface area contributed by atoms with Gasteiger partial charge in [0.25, 0.3) is 0 Å². The molecule has 0 radical (unpaired) electrons. The lowest BCUT2D eigenvalue weighted by Gasteiger charge is -2.30. The molecule has 0 aromatic heterocycles. The van der Waals surface area contributed by atoms with Crippen molar-refractivity contribution in [3.8, 4) is 0 Å². The van der Waals surface area contributed by atoms with Crippen LogP contribution in [-0.2, 0) is 0 Å². The van der Waals surface area contributed by atoms with Crippen LogP contribution in [0.4, 0.5) is 0 Å².